The summed E-state index contributed by atoms with van der Waals surface area (Å²) in [5, 5.41) is 14.4. The number of piperidine rings is 1. The number of carbonyl (C=O) groups excluding carboxylic acids is 1. The minimum atomic E-state index is -0.666. The normalized spacial score (nSPS) is 18.6. The van der Waals surface area contributed by atoms with Crippen molar-refractivity contribution in [2.24, 2.45) is 0 Å². The van der Waals surface area contributed by atoms with Crippen LogP contribution in [-0.2, 0) is 21.7 Å². The second-order valence-corrected chi connectivity index (χ2v) is 9.04. The van der Waals surface area contributed by atoms with E-state index in [1.54, 1.807) is 18.2 Å². The monoisotopic (exact) mass is 464 g/mol. The molecule has 2 aromatic carbocycles. The SMILES string of the molecule is CC(=O)Nc1cc(Cl)ccc1OC[C@H](O)CN1CCC2(CC1)OCc1ccc(Cl)cc12. The van der Waals surface area contributed by atoms with Gasteiger partial charge in [0.25, 0.3) is 0 Å². The lowest BCUT2D eigenvalue weighted by Gasteiger charge is -2.39. The topological polar surface area (TPSA) is 71.0 Å². The predicted molar refractivity (Wildman–Crippen MR) is 121 cm³/mol. The molecule has 166 valence electrons. The van der Waals surface area contributed by atoms with Crippen LogP contribution in [0.4, 0.5) is 5.69 Å². The molecule has 2 N–H and O–H groups in total. The van der Waals surface area contributed by atoms with Gasteiger partial charge in [-0.2, -0.15) is 0 Å². The lowest BCUT2D eigenvalue weighted by molar-refractivity contribution is -0.114. The molecule has 1 amide bonds. The Hall–Kier alpha value is -1.83. The molecule has 2 aromatic rings. The molecule has 0 aromatic heterocycles. The molecule has 2 aliphatic rings. The van der Waals surface area contributed by atoms with Crippen LogP contribution in [0.25, 0.3) is 0 Å². The fourth-order valence-corrected chi connectivity index (χ4v) is 4.70. The first-order chi connectivity index (χ1) is 14.8. The molecular formula is C23H26Cl2N2O4. The van der Waals surface area contributed by atoms with Crippen LogP contribution in [0.3, 0.4) is 0 Å². The van der Waals surface area contributed by atoms with Crippen molar-refractivity contribution >= 4 is 34.8 Å². The number of likely N-dealkylation sites (tertiary alicyclic amines) is 1. The zero-order chi connectivity index (χ0) is 22.0. The molecule has 0 aliphatic carbocycles. The fraction of sp³-hybridized carbons (Fsp3) is 0.435. The molecule has 6 nitrogen and oxygen atoms in total. The number of hydrogen-bond acceptors (Lipinski definition) is 5. The Balaban J connectivity index is 1.30. The third-order valence-corrected chi connectivity index (χ3v) is 6.35. The molecule has 8 heteroatoms. The van der Waals surface area contributed by atoms with E-state index < -0.39 is 6.10 Å². The van der Waals surface area contributed by atoms with Gasteiger partial charge in [0.1, 0.15) is 18.5 Å². The maximum absolute atomic E-state index is 11.4. The van der Waals surface area contributed by atoms with Crippen LogP contribution in [0.2, 0.25) is 10.0 Å². The molecule has 31 heavy (non-hydrogen) atoms. The number of nitrogens with zero attached hydrogens (tertiary/aromatic N) is 1. The highest BCUT2D eigenvalue weighted by Gasteiger charge is 2.42. The number of anilines is 1. The van der Waals surface area contributed by atoms with Crippen LogP contribution in [0.15, 0.2) is 36.4 Å². The van der Waals surface area contributed by atoms with Gasteiger partial charge in [-0.05, 0) is 54.3 Å². The number of benzene rings is 2. The number of aliphatic hydroxyl groups is 1. The second kappa shape index (κ2) is 9.35. The van der Waals surface area contributed by atoms with E-state index in [0.29, 0.717) is 29.6 Å². The number of amides is 1. The molecule has 1 atom stereocenters. The minimum Gasteiger partial charge on any atom is -0.489 e. The van der Waals surface area contributed by atoms with E-state index in [2.05, 4.69) is 10.2 Å². The summed E-state index contributed by atoms with van der Waals surface area (Å²) in [6, 6.07) is 11.0. The largest absolute Gasteiger partial charge is 0.489 e. The average Bonchev–Trinajstić information content (AvgIpc) is 3.06. The van der Waals surface area contributed by atoms with Gasteiger partial charge in [-0.1, -0.05) is 29.3 Å². The van der Waals surface area contributed by atoms with E-state index in [1.807, 2.05) is 18.2 Å². The molecule has 2 heterocycles. The zero-order valence-corrected chi connectivity index (χ0v) is 18.9. The van der Waals surface area contributed by atoms with E-state index >= 15 is 0 Å². The van der Waals surface area contributed by atoms with Crippen molar-refractivity contribution in [1.82, 2.24) is 4.90 Å². The minimum absolute atomic E-state index is 0.116. The Kier molecular flexibility index (Phi) is 6.74. The first-order valence-electron chi connectivity index (χ1n) is 10.4. The van der Waals surface area contributed by atoms with Crippen molar-refractivity contribution in [2.45, 2.75) is 38.1 Å². The van der Waals surface area contributed by atoms with E-state index in [-0.39, 0.29) is 18.1 Å². The maximum atomic E-state index is 11.4. The quantitative estimate of drug-likeness (QED) is 0.669. The van der Waals surface area contributed by atoms with Crippen LogP contribution in [-0.4, -0.2) is 48.3 Å². The predicted octanol–water partition coefficient (Wildman–Crippen LogP) is 4.21. The standard InChI is InChI=1S/C23H26Cl2N2O4/c1-15(28)26-21-11-18(25)4-5-22(21)30-14-19(29)12-27-8-6-23(7-9-27)20-10-17(24)3-2-16(20)13-31-23/h2-5,10-11,19,29H,6-9,12-14H2,1H3,(H,26,28)/t19-/m1/s1. The Bertz CT molecular complexity index is 961. The van der Waals surface area contributed by atoms with Gasteiger partial charge in [0, 0.05) is 36.6 Å². The van der Waals surface area contributed by atoms with Crippen molar-refractivity contribution in [3.63, 3.8) is 0 Å². The van der Waals surface area contributed by atoms with Crippen LogP contribution in [0.1, 0.15) is 30.9 Å². The lowest BCUT2D eigenvalue weighted by Crippen LogP contribution is -2.46. The Labute approximate surface area is 192 Å². The van der Waals surface area contributed by atoms with Crippen molar-refractivity contribution in [3.05, 3.63) is 57.6 Å². The second-order valence-electron chi connectivity index (χ2n) is 8.17. The number of hydrogen-bond donors (Lipinski definition) is 2. The van der Waals surface area contributed by atoms with Gasteiger partial charge in [-0.15, -0.1) is 0 Å². The third kappa shape index (κ3) is 5.16. The molecule has 0 radical (unpaired) electrons. The number of fused-ring (bicyclic) bond motifs is 2. The number of aliphatic hydroxyl groups excluding tert-OH is 1. The van der Waals surface area contributed by atoms with Crippen LogP contribution in [0, 0.1) is 0 Å². The van der Waals surface area contributed by atoms with E-state index in [0.717, 1.165) is 31.0 Å². The van der Waals surface area contributed by atoms with Gasteiger partial charge >= 0.3 is 0 Å². The number of nitrogens with one attached hydrogen (secondary N) is 1. The van der Waals surface area contributed by atoms with Gasteiger partial charge in [0.05, 0.1) is 17.9 Å². The van der Waals surface area contributed by atoms with E-state index in [9.17, 15) is 9.90 Å². The van der Waals surface area contributed by atoms with Gasteiger partial charge in [0.15, 0.2) is 0 Å². The molecule has 0 bridgehead atoms. The first kappa shape index (κ1) is 22.4. The molecule has 1 spiro atoms. The summed E-state index contributed by atoms with van der Waals surface area (Å²) >= 11 is 12.2. The lowest BCUT2D eigenvalue weighted by atomic mass is 9.84. The highest BCUT2D eigenvalue weighted by molar-refractivity contribution is 6.31. The van der Waals surface area contributed by atoms with Crippen molar-refractivity contribution in [3.8, 4) is 5.75 Å². The summed E-state index contributed by atoms with van der Waals surface area (Å²) in [5.74, 6) is 0.260. The number of halogens is 2. The van der Waals surface area contributed by atoms with Gasteiger partial charge in [-0.3, -0.25) is 4.79 Å². The van der Waals surface area contributed by atoms with Crippen LogP contribution < -0.4 is 10.1 Å². The molecule has 1 fully saturated rings. The Morgan fingerprint density at radius 2 is 1.94 bits per heavy atom. The maximum Gasteiger partial charge on any atom is 0.221 e. The summed E-state index contributed by atoms with van der Waals surface area (Å²) in [4.78, 5) is 13.6. The molecule has 4 rings (SSSR count). The zero-order valence-electron chi connectivity index (χ0n) is 17.4. The Morgan fingerprint density at radius 3 is 2.68 bits per heavy atom. The summed E-state index contributed by atoms with van der Waals surface area (Å²) in [5.41, 5.74) is 2.64. The highest BCUT2D eigenvalue weighted by Crippen LogP contribution is 2.45. The van der Waals surface area contributed by atoms with Crippen LogP contribution in [0.5, 0.6) is 5.75 Å². The van der Waals surface area contributed by atoms with Gasteiger partial charge in [-0.25, -0.2) is 0 Å². The molecule has 0 saturated carbocycles. The number of rotatable bonds is 6. The number of ether oxygens (including phenoxy) is 2. The smallest absolute Gasteiger partial charge is 0.221 e. The van der Waals surface area contributed by atoms with E-state index in [4.69, 9.17) is 32.7 Å². The number of β-amino-alcohol motifs (C(OH)–C–C–N with tert-alkyl or cyclic N) is 1. The molecular weight excluding hydrogens is 439 g/mol. The molecule has 1 saturated heterocycles. The summed E-state index contributed by atoms with van der Waals surface area (Å²) < 4.78 is 12.0. The highest BCUT2D eigenvalue weighted by atomic mass is 35.5. The number of carbonyl (C=O) groups is 1. The van der Waals surface area contributed by atoms with E-state index in [1.165, 1.54) is 18.1 Å². The fourth-order valence-electron chi connectivity index (χ4n) is 4.35. The van der Waals surface area contributed by atoms with Gasteiger partial charge in [0.2, 0.25) is 5.91 Å². The van der Waals surface area contributed by atoms with Crippen molar-refractivity contribution < 1.29 is 19.4 Å². The summed E-state index contributed by atoms with van der Waals surface area (Å²) in [6.45, 7) is 4.30. The Morgan fingerprint density at radius 1 is 1.23 bits per heavy atom. The summed E-state index contributed by atoms with van der Waals surface area (Å²) in [7, 11) is 0. The van der Waals surface area contributed by atoms with Gasteiger partial charge < -0.3 is 24.8 Å². The average molecular weight is 465 g/mol. The molecule has 0 unspecified atom stereocenters. The third-order valence-electron chi connectivity index (χ3n) is 5.88. The molecule has 2 aliphatic heterocycles. The van der Waals surface area contributed by atoms with Crippen molar-refractivity contribution in [2.75, 3.05) is 31.6 Å². The summed E-state index contributed by atoms with van der Waals surface area (Å²) in [6.07, 6.45) is 1.05. The van der Waals surface area contributed by atoms with Crippen molar-refractivity contribution in [1.29, 1.82) is 0 Å². The first-order valence-corrected chi connectivity index (χ1v) is 11.1. The van der Waals surface area contributed by atoms with Crippen LogP contribution >= 0.6 is 23.2 Å².